The maximum atomic E-state index is 12.8. The van der Waals surface area contributed by atoms with E-state index in [4.69, 9.17) is 4.74 Å². The van der Waals surface area contributed by atoms with Crippen molar-refractivity contribution in [3.05, 3.63) is 23.8 Å². The molecule has 1 aromatic rings. The molecule has 25 heavy (non-hydrogen) atoms. The van der Waals surface area contributed by atoms with E-state index in [0.29, 0.717) is 49.6 Å². The minimum Gasteiger partial charge on any atom is -0.479 e. The highest BCUT2D eigenvalue weighted by Gasteiger charge is 2.30. The molecule has 0 spiro atoms. The topological polar surface area (TPSA) is 70.2 Å². The lowest BCUT2D eigenvalue weighted by atomic mass is 10.1. The lowest BCUT2D eigenvalue weighted by Crippen LogP contribution is -2.50. The van der Waals surface area contributed by atoms with Gasteiger partial charge in [0.05, 0.1) is 5.69 Å². The van der Waals surface area contributed by atoms with Gasteiger partial charge in [-0.2, -0.15) is 0 Å². The largest absolute Gasteiger partial charge is 0.479 e. The summed E-state index contributed by atoms with van der Waals surface area (Å²) in [6.45, 7) is 5.70. The number of anilines is 1. The predicted molar refractivity (Wildman–Crippen MR) is 92.7 cm³/mol. The smallest absolute Gasteiger partial charge is 0.267 e. The van der Waals surface area contributed by atoms with Gasteiger partial charge in [-0.05, 0) is 25.1 Å². The summed E-state index contributed by atoms with van der Waals surface area (Å²) in [5, 5.41) is 0. The summed E-state index contributed by atoms with van der Waals surface area (Å²) in [6.07, 6.45) is -0.0411. The van der Waals surface area contributed by atoms with E-state index >= 15 is 0 Å². The fourth-order valence-corrected chi connectivity index (χ4v) is 3.21. The van der Waals surface area contributed by atoms with Crippen molar-refractivity contribution < 1.29 is 19.1 Å². The number of nitrogens with zero attached hydrogens (tertiary/aromatic N) is 3. The van der Waals surface area contributed by atoms with E-state index in [1.807, 2.05) is 6.92 Å². The molecule has 2 aliphatic rings. The number of rotatable bonds is 2. The van der Waals surface area contributed by atoms with Crippen LogP contribution in [-0.4, -0.2) is 66.9 Å². The van der Waals surface area contributed by atoms with Crippen LogP contribution in [0.1, 0.15) is 30.6 Å². The molecule has 0 N–H and O–H groups in total. The number of hydrogen-bond acceptors (Lipinski definition) is 4. The first kappa shape index (κ1) is 17.3. The van der Waals surface area contributed by atoms with E-state index in [1.54, 1.807) is 42.0 Å². The Labute approximate surface area is 147 Å². The number of piperazine rings is 1. The molecule has 7 nitrogen and oxygen atoms in total. The molecule has 3 amide bonds. The van der Waals surface area contributed by atoms with Crippen molar-refractivity contribution in [3.63, 3.8) is 0 Å². The Morgan fingerprint density at radius 2 is 1.80 bits per heavy atom. The number of carbonyl (C=O) groups is 3. The average molecular weight is 345 g/mol. The van der Waals surface area contributed by atoms with Gasteiger partial charge in [0.15, 0.2) is 6.10 Å². The van der Waals surface area contributed by atoms with Crippen LogP contribution in [0.3, 0.4) is 0 Å². The summed E-state index contributed by atoms with van der Waals surface area (Å²) < 4.78 is 5.59. The van der Waals surface area contributed by atoms with Crippen LogP contribution in [0, 0.1) is 0 Å². The molecule has 1 saturated heterocycles. The summed E-state index contributed by atoms with van der Waals surface area (Å²) >= 11 is 0. The highest BCUT2D eigenvalue weighted by molar-refractivity contribution is 6.02. The second-order valence-corrected chi connectivity index (χ2v) is 6.37. The molecular formula is C18H23N3O4. The Morgan fingerprint density at radius 1 is 1.16 bits per heavy atom. The third-order valence-corrected chi connectivity index (χ3v) is 4.77. The van der Waals surface area contributed by atoms with Gasteiger partial charge in [0, 0.05) is 45.2 Å². The molecule has 2 aliphatic heterocycles. The number of hydrogen-bond donors (Lipinski definition) is 0. The second-order valence-electron chi connectivity index (χ2n) is 6.37. The van der Waals surface area contributed by atoms with E-state index in [-0.39, 0.29) is 17.7 Å². The van der Waals surface area contributed by atoms with Crippen LogP contribution < -0.4 is 9.64 Å². The van der Waals surface area contributed by atoms with Gasteiger partial charge in [-0.15, -0.1) is 0 Å². The molecule has 0 aliphatic carbocycles. The number of ether oxygens (including phenoxy) is 1. The quantitative estimate of drug-likeness (QED) is 0.806. The van der Waals surface area contributed by atoms with Crippen molar-refractivity contribution in [2.45, 2.75) is 26.4 Å². The van der Waals surface area contributed by atoms with Gasteiger partial charge >= 0.3 is 0 Å². The van der Waals surface area contributed by atoms with Crippen LogP contribution in [0.25, 0.3) is 0 Å². The fourth-order valence-electron chi connectivity index (χ4n) is 3.21. The van der Waals surface area contributed by atoms with Crippen LogP contribution in [-0.2, 0) is 9.59 Å². The van der Waals surface area contributed by atoms with Crippen LogP contribution >= 0.6 is 0 Å². The molecule has 1 atom stereocenters. The summed E-state index contributed by atoms with van der Waals surface area (Å²) in [4.78, 5) is 41.6. The molecule has 1 fully saturated rings. The van der Waals surface area contributed by atoms with Crippen LogP contribution in [0.5, 0.6) is 5.75 Å². The third-order valence-electron chi connectivity index (χ3n) is 4.77. The highest BCUT2D eigenvalue weighted by Crippen LogP contribution is 2.34. The molecule has 0 saturated carbocycles. The van der Waals surface area contributed by atoms with Crippen molar-refractivity contribution in [3.8, 4) is 5.75 Å². The number of fused-ring (bicyclic) bond motifs is 1. The maximum absolute atomic E-state index is 12.8. The minimum absolute atomic E-state index is 0.0918. The van der Waals surface area contributed by atoms with Gasteiger partial charge in [-0.3, -0.25) is 14.4 Å². The number of carbonyl (C=O) groups excluding carboxylic acids is 3. The minimum atomic E-state index is -0.525. The zero-order valence-electron chi connectivity index (χ0n) is 14.8. The first-order valence-corrected chi connectivity index (χ1v) is 8.57. The zero-order chi connectivity index (χ0) is 18.1. The SMILES string of the molecule is CCC(=O)N1CCN(C(=O)c2ccc3c(c2)N(C)C(=O)C(C)O3)CC1. The van der Waals surface area contributed by atoms with Crippen molar-refractivity contribution in [1.29, 1.82) is 0 Å². The summed E-state index contributed by atoms with van der Waals surface area (Å²) in [5.74, 6) is 0.492. The van der Waals surface area contributed by atoms with Crippen LogP contribution in [0.4, 0.5) is 5.69 Å². The Balaban J connectivity index is 1.74. The monoisotopic (exact) mass is 345 g/mol. The molecule has 3 rings (SSSR count). The third kappa shape index (κ3) is 3.18. The van der Waals surface area contributed by atoms with E-state index in [0.717, 1.165) is 0 Å². The molecule has 1 aromatic carbocycles. The van der Waals surface area contributed by atoms with Gasteiger partial charge in [0.1, 0.15) is 5.75 Å². The molecule has 2 heterocycles. The van der Waals surface area contributed by atoms with E-state index in [2.05, 4.69) is 0 Å². The van der Waals surface area contributed by atoms with Crippen molar-refractivity contribution in [2.24, 2.45) is 0 Å². The summed E-state index contributed by atoms with van der Waals surface area (Å²) in [7, 11) is 1.68. The fraction of sp³-hybridized carbons (Fsp3) is 0.500. The van der Waals surface area contributed by atoms with E-state index in [1.165, 1.54) is 4.90 Å². The summed E-state index contributed by atoms with van der Waals surface area (Å²) in [5.41, 5.74) is 1.13. The van der Waals surface area contributed by atoms with E-state index in [9.17, 15) is 14.4 Å². The number of benzene rings is 1. The van der Waals surface area contributed by atoms with E-state index < -0.39 is 6.10 Å². The maximum Gasteiger partial charge on any atom is 0.267 e. The van der Waals surface area contributed by atoms with Gasteiger partial charge < -0.3 is 19.4 Å². The lowest BCUT2D eigenvalue weighted by molar-refractivity contribution is -0.132. The highest BCUT2D eigenvalue weighted by atomic mass is 16.5. The van der Waals surface area contributed by atoms with Crippen molar-refractivity contribution >= 4 is 23.4 Å². The molecule has 0 radical (unpaired) electrons. The van der Waals surface area contributed by atoms with Crippen LogP contribution in [0.2, 0.25) is 0 Å². The standard InChI is InChI=1S/C18H23N3O4/c1-4-16(22)20-7-9-21(10-8-20)18(24)13-5-6-15-14(11-13)19(3)17(23)12(2)25-15/h5-6,11-12H,4,7-10H2,1-3H3. The molecule has 1 unspecified atom stereocenters. The Bertz CT molecular complexity index is 710. The molecule has 0 aromatic heterocycles. The molecular weight excluding hydrogens is 322 g/mol. The number of likely N-dealkylation sites (N-methyl/N-ethyl adjacent to an activating group) is 1. The Hall–Kier alpha value is -2.57. The van der Waals surface area contributed by atoms with Gasteiger partial charge in [-0.25, -0.2) is 0 Å². The van der Waals surface area contributed by atoms with Crippen molar-refractivity contribution in [2.75, 3.05) is 38.1 Å². The lowest BCUT2D eigenvalue weighted by Gasteiger charge is -2.35. The average Bonchev–Trinajstić information content (AvgIpc) is 2.65. The molecule has 0 bridgehead atoms. The van der Waals surface area contributed by atoms with Crippen LogP contribution in [0.15, 0.2) is 18.2 Å². The molecule has 134 valence electrons. The van der Waals surface area contributed by atoms with Gasteiger partial charge in [-0.1, -0.05) is 6.92 Å². The molecule has 7 heteroatoms. The normalized spacial score (nSPS) is 20.2. The van der Waals surface area contributed by atoms with Gasteiger partial charge in [0.25, 0.3) is 11.8 Å². The zero-order valence-corrected chi connectivity index (χ0v) is 14.8. The van der Waals surface area contributed by atoms with Gasteiger partial charge in [0.2, 0.25) is 5.91 Å². The Morgan fingerprint density at radius 3 is 2.44 bits per heavy atom. The predicted octanol–water partition coefficient (Wildman–Crippen LogP) is 1.12. The first-order chi connectivity index (χ1) is 11.9. The Kier molecular flexibility index (Phi) is 4.65. The second kappa shape index (κ2) is 6.74. The summed E-state index contributed by atoms with van der Waals surface area (Å²) in [6, 6.07) is 5.16. The first-order valence-electron chi connectivity index (χ1n) is 8.57. The number of amides is 3. The van der Waals surface area contributed by atoms with Crippen molar-refractivity contribution in [1.82, 2.24) is 9.80 Å².